The van der Waals surface area contributed by atoms with Crippen LogP contribution < -0.4 is 5.32 Å². The zero-order chi connectivity index (χ0) is 20.8. The Labute approximate surface area is 180 Å². The second kappa shape index (κ2) is 10.3. The molecule has 0 aliphatic carbocycles. The molecule has 9 heteroatoms. The minimum absolute atomic E-state index is 0.0154. The van der Waals surface area contributed by atoms with Gasteiger partial charge in [-0.3, -0.25) is 9.69 Å². The molecule has 1 aromatic carbocycles. The van der Waals surface area contributed by atoms with Crippen LogP contribution in [0.1, 0.15) is 18.7 Å². The van der Waals surface area contributed by atoms with Crippen molar-refractivity contribution in [1.29, 1.82) is 0 Å². The van der Waals surface area contributed by atoms with Crippen LogP contribution in [0.15, 0.2) is 28.8 Å². The molecule has 0 radical (unpaired) electrons. The van der Waals surface area contributed by atoms with E-state index >= 15 is 0 Å². The molecule has 162 valence electrons. The minimum Gasteiger partial charge on any atom is -0.381 e. The van der Waals surface area contributed by atoms with Crippen molar-refractivity contribution in [3.63, 3.8) is 0 Å². The van der Waals surface area contributed by atoms with Crippen LogP contribution in [0.25, 0.3) is 11.4 Å². The van der Waals surface area contributed by atoms with Gasteiger partial charge in [0.1, 0.15) is 0 Å². The average Bonchev–Trinajstić information content (AvgIpc) is 3.46. The molecule has 2 atom stereocenters. The Balaban J connectivity index is 1.27. The highest BCUT2D eigenvalue weighted by molar-refractivity contribution is 6.30. The molecule has 2 aliphatic heterocycles. The third-order valence-electron chi connectivity index (χ3n) is 5.67. The number of carbonyl (C=O) groups is 1. The molecule has 1 amide bonds. The molecule has 1 aromatic heterocycles. The summed E-state index contributed by atoms with van der Waals surface area (Å²) in [5.74, 6) is 1.37. The van der Waals surface area contributed by atoms with Crippen LogP contribution in [0.3, 0.4) is 0 Å². The van der Waals surface area contributed by atoms with Crippen LogP contribution in [0.5, 0.6) is 0 Å². The summed E-state index contributed by atoms with van der Waals surface area (Å²) in [6, 6.07) is 7.51. The third-order valence-corrected chi connectivity index (χ3v) is 5.92. The standard InChI is InChI=1S/C21H27ClN4O4/c22-17-3-1-15(2-4-17)21-24-20(30-25-21)6-5-19(27)23-13-18(16-7-10-29-14-16)26-8-11-28-12-9-26/h1-4,16,18H,5-14H2,(H,23,27). The summed E-state index contributed by atoms with van der Waals surface area (Å²) in [6.45, 7) is 5.45. The zero-order valence-electron chi connectivity index (χ0n) is 16.9. The Morgan fingerprint density at radius 3 is 2.73 bits per heavy atom. The van der Waals surface area contributed by atoms with Gasteiger partial charge in [0, 0.05) is 61.6 Å². The second-order valence-electron chi connectivity index (χ2n) is 7.66. The van der Waals surface area contributed by atoms with Gasteiger partial charge in [0.2, 0.25) is 17.6 Å². The van der Waals surface area contributed by atoms with Gasteiger partial charge < -0.3 is 19.3 Å². The van der Waals surface area contributed by atoms with Crippen LogP contribution in [-0.2, 0) is 20.7 Å². The molecule has 0 saturated carbocycles. The third kappa shape index (κ3) is 5.57. The summed E-state index contributed by atoms with van der Waals surface area (Å²) in [4.78, 5) is 19.2. The average molecular weight is 435 g/mol. The molecule has 2 fully saturated rings. The van der Waals surface area contributed by atoms with Crippen molar-refractivity contribution < 1.29 is 18.8 Å². The Morgan fingerprint density at radius 2 is 2.00 bits per heavy atom. The summed E-state index contributed by atoms with van der Waals surface area (Å²) in [7, 11) is 0. The fourth-order valence-electron chi connectivity index (χ4n) is 3.96. The number of ether oxygens (including phenoxy) is 2. The smallest absolute Gasteiger partial charge is 0.227 e. The van der Waals surface area contributed by atoms with Gasteiger partial charge in [-0.15, -0.1) is 0 Å². The number of morpholine rings is 1. The van der Waals surface area contributed by atoms with Gasteiger partial charge >= 0.3 is 0 Å². The molecule has 4 rings (SSSR count). The lowest BCUT2D eigenvalue weighted by atomic mass is 9.97. The van der Waals surface area contributed by atoms with Crippen molar-refractivity contribution in [2.75, 3.05) is 46.1 Å². The molecule has 2 aromatic rings. The molecule has 2 unspecified atom stereocenters. The number of benzene rings is 1. The first-order chi connectivity index (χ1) is 14.7. The minimum atomic E-state index is -0.0154. The Morgan fingerprint density at radius 1 is 1.20 bits per heavy atom. The van der Waals surface area contributed by atoms with Crippen LogP contribution >= 0.6 is 11.6 Å². The molecule has 2 saturated heterocycles. The topological polar surface area (TPSA) is 89.7 Å². The van der Waals surface area contributed by atoms with E-state index in [2.05, 4.69) is 20.4 Å². The van der Waals surface area contributed by atoms with Gasteiger partial charge in [0.05, 0.1) is 19.8 Å². The van der Waals surface area contributed by atoms with E-state index in [9.17, 15) is 4.79 Å². The fourth-order valence-corrected chi connectivity index (χ4v) is 4.09. The molecule has 0 spiro atoms. The molecule has 30 heavy (non-hydrogen) atoms. The number of amides is 1. The van der Waals surface area contributed by atoms with E-state index in [0.29, 0.717) is 42.0 Å². The predicted octanol–water partition coefficient (Wildman–Crippen LogP) is 2.18. The molecule has 0 bridgehead atoms. The number of rotatable bonds is 8. The van der Waals surface area contributed by atoms with Crippen molar-refractivity contribution >= 4 is 17.5 Å². The number of nitrogens with one attached hydrogen (secondary N) is 1. The van der Waals surface area contributed by atoms with E-state index in [0.717, 1.165) is 51.5 Å². The number of aryl methyl sites for hydroxylation is 1. The van der Waals surface area contributed by atoms with Crippen LogP contribution in [-0.4, -0.2) is 73.1 Å². The number of aromatic nitrogens is 2. The summed E-state index contributed by atoms with van der Waals surface area (Å²) < 4.78 is 16.3. The van der Waals surface area contributed by atoms with Gasteiger partial charge in [0.25, 0.3) is 0 Å². The summed E-state index contributed by atoms with van der Waals surface area (Å²) in [6.07, 6.45) is 1.74. The highest BCUT2D eigenvalue weighted by Gasteiger charge is 2.31. The first-order valence-electron chi connectivity index (χ1n) is 10.4. The molecular weight excluding hydrogens is 408 g/mol. The monoisotopic (exact) mass is 434 g/mol. The van der Waals surface area contributed by atoms with Gasteiger partial charge in [-0.05, 0) is 30.7 Å². The number of carbonyl (C=O) groups excluding carboxylic acids is 1. The van der Waals surface area contributed by atoms with Crippen molar-refractivity contribution in [3.8, 4) is 11.4 Å². The molecule has 3 heterocycles. The van der Waals surface area contributed by atoms with E-state index in [1.807, 2.05) is 12.1 Å². The van der Waals surface area contributed by atoms with E-state index in [1.54, 1.807) is 12.1 Å². The summed E-state index contributed by atoms with van der Waals surface area (Å²) >= 11 is 5.91. The maximum Gasteiger partial charge on any atom is 0.227 e. The van der Waals surface area contributed by atoms with Crippen molar-refractivity contribution in [3.05, 3.63) is 35.2 Å². The summed E-state index contributed by atoms with van der Waals surface area (Å²) in [5, 5.41) is 7.73. The number of nitrogens with zero attached hydrogens (tertiary/aromatic N) is 3. The van der Waals surface area contributed by atoms with Crippen molar-refractivity contribution in [2.45, 2.75) is 25.3 Å². The Hall–Kier alpha value is -2.00. The van der Waals surface area contributed by atoms with E-state index in [1.165, 1.54) is 0 Å². The SMILES string of the molecule is O=C(CCc1nc(-c2ccc(Cl)cc2)no1)NCC(C1CCOC1)N1CCOCC1. The van der Waals surface area contributed by atoms with Crippen LogP contribution in [0.4, 0.5) is 0 Å². The van der Waals surface area contributed by atoms with Gasteiger partial charge in [-0.25, -0.2) is 0 Å². The van der Waals surface area contributed by atoms with Crippen molar-refractivity contribution in [1.82, 2.24) is 20.4 Å². The maximum absolute atomic E-state index is 12.4. The molecular formula is C21H27ClN4O4. The van der Waals surface area contributed by atoms with E-state index < -0.39 is 0 Å². The van der Waals surface area contributed by atoms with Crippen LogP contribution in [0, 0.1) is 5.92 Å². The first-order valence-corrected chi connectivity index (χ1v) is 10.8. The predicted molar refractivity (Wildman–Crippen MR) is 111 cm³/mol. The molecule has 1 N–H and O–H groups in total. The quantitative estimate of drug-likeness (QED) is 0.681. The van der Waals surface area contributed by atoms with Gasteiger partial charge in [-0.1, -0.05) is 16.8 Å². The lowest BCUT2D eigenvalue weighted by molar-refractivity contribution is -0.121. The second-order valence-corrected chi connectivity index (χ2v) is 8.10. The highest BCUT2D eigenvalue weighted by atomic mass is 35.5. The lowest BCUT2D eigenvalue weighted by Gasteiger charge is -2.37. The van der Waals surface area contributed by atoms with Crippen LogP contribution in [0.2, 0.25) is 5.02 Å². The fraction of sp³-hybridized carbons (Fsp3) is 0.571. The normalized spacial score (nSPS) is 20.9. The summed E-state index contributed by atoms with van der Waals surface area (Å²) in [5.41, 5.74) is 0.825. The van der Waals surface area contributed by atoms with Gasteiger partial charge in [-0.2, -0.15) is 4.98 Å². The Kier molecular flexibility index (Phi) is 7.33. The number of hydrogen-bond donors (Lipinski definition) is 1. The number of hydrogen-bond acceptors (Lipinski definition) is 7. The lowest BCUT2D eigenvalue weighted by Crippen LogP contribution is -2.52. The first kappa shape index (κ1) is 21.2. The largest absolute Gasteiger partial charge is 0.381 e. The van der Waals surface area contributed by atoms with Gasteiger partial charge in [0.15, 0.2) is 0 Å². The van der Waals surface area contributed by atoms with Crippen molar-refractivity contribution in [2.24, 2.45) is 5.92 Å². The highest BCUT2D eigenvalue weighted by Crippen LogP contribution is 2.22. The maximum atomic E-state index is 12.4. The van der Waals surface area contributed by atoms with E-state index in [4.69, 9.17) is 25.6 Å². The zero-order valence-corrected chi connectivity index (χ0v) is 17.6. The van der Waals surface area contributed by atoms with E-state index in [-0.39, 0.29) is 11.9 Å². The Bertz CT molecular complexity index is 817. The molecule has 8 nitrogen and oxygen atoms in total. The molecule has 2 aliphatic rings. The number of halogens is 1.